The van der Waals surface area contributed by atoms with Crippen LogP contribution in [0.25, 0.3) is 0 Å². The second kappa shape index (κ2) is 8.45. The van der Waals surface area contributed by atoms with Crippen molar-refractivity contribution >= 4 is 30.2 Å². The lowest BCUT2D eigenvalue weighted by atomic mass is 9.43. The summed E-state index contributed by atoms with van der Waals surface area (Å²) < 4.78 is 23.2. The zero-order chi connectivity index (χ0) is 25.9. The number of aldehydes is 1. The predicted molar refractivity (Wildman–Crippen MR) is 120 cm³/mol. The third-order valence-corrected chi connectivity index (χ3v) is 8.89. The van der Waals surface area contributed by atoms with Crippen LogP contribution in [0.15, 0.2) is 12.2 Å². The molecule has 8 atom stereocenters. The van der Waals surface area contributed by atoms with Crippen molar-refractivity contribution in [2.24, 2.45) is 34.0 Å². The van der Waals surface area contributed by atoms with Crippen molar-refractivity contribution < 1.29 is 42.9 Å². The molecule has 1 saturated heterocycles. The van der Waals surface area contributed by atoms with Gasteiger partial charge in [-0.05, 0) is 42.6 Å². The van der Waals surface area contributed by atoms with Gasteiger partial charge in [0, 0.05) is 32.6 Å². The molecule has 0 N–H and O–H groups in total. The average molecular weight is 491 g/mol. The van der Waals surface area contributed by atoms with Gasteiger partial charge in [0.1, 0.15) is 36.6 Å². The molecule has 4 aliphatic rings. The van der Waals surface area contributed by atoms with Crippen LogP contribution in [0.1, 0.15) is 60.3 Å². The van der Waals surface area contributed by atoms with Crippen LogP contribution in [0.4, 0.5) is 0 Å². The Morgan fingerprint density at radius 3 is 2.26 bits per heavy atom. The molecule has 35 heavy (non-hydrogen) atoms. The molecule has 1 heterocycles. The Bertz CT molecular complexity index is 983. The smallest absolute Gasteiger partial charge is 0.316 e. The fourth-order valence-electron chi connectivity index (χ4n) is 7.81. The van der Waals surface area contributed by atoms with Crippen LogP contribution in [0, 0.1) is 34.0 Å². The van der Waals surface area contributed by atoms with E-state index in [2.05, 4.69) is 6.58 Å². The van der Waals surface area contributed by atoms with Crippen LogP contribution in [0.3, 0.4) is 0 Å². The van der Waals surface area contributed by atoms with Gasteiger partial charge in [0.25, 0.3) is 0 Å². The maximum atomic E-state index is 13.7. The lowest BCUT2D eigenvalue weighted by molar-refractivity contribution is -0.268. The minimum atomic E-state index is -1.42. The lowest BCUT2D eigenvalue weighted by Crippen LogP contribution is -2.72. The van der Waals surface area contributed by atoms with E-state index in [1.165, 1.54) is 20.8 Å². The summed E-state index contributed by atoms with van der Waals surface area (Å²) in [6.45, 7) is 11.8. The Kier molecular flexibility index (Phi) is 6.13. The van der Waals surface area contributed by atoms with Gasteiger partial charge in [-0.25, -0.2) is 0 Å². The molecule has 9 heteroatoms. The molecular formula is C26H34O9. The molecule has 0 radical (unpaired) electrons. The quantitative estimate of drug-likeness (QED) is 0.253. The molecule has 4 rings (SSSR count). The Morgan fingerprint density at radius 2 is 1.69 bits per heavy atom. The SMILES string of the molecule is C=C1[C@@H]2C[C@H](OC(C)=O)[C@@H]3[C@](C2)(C(=O)OC[C@]32[C@@H](OC(C)=O)CCC(C)(C)[C@H]2C=O)[C@@H]1OC(C)=O. The van der Waals surface area contributed by atoms with E-state index in [1.54, 1.807) is 0 Å². The Hall–Kier alpha value is -2.71. The molecule has 0 aromatic carbocycles. The van der Waals surface area contributed by atoms with Crippen molar-refractivity contribution in [1.82, 2.24) is 0 Å². The zero-order valence-corrected chi connectivity index (χ0v) is 21.0. The fourth-order valence-corrected chi connectivity index (χ4v) is 7.81. The van der Waals surface area contributed by atoms with E-state index >= 15 is 0 Å². The molecule has 0 amide bonds. The average Bonchev–Trinajstić information content (AvgIpc) is 2.94. The Morgan fingerprint density at radius 1 is 1.06 bits per heavy atom. The number of fused-ring (bicyclic) bond motifs is 2. The van der Waals surface area contributed by atoms with E-state index in [0.29, 0.717) is 24.8 Å². The summed E-state index contributed by atoms with van der Waals surface area (Å²) >= 11 is 0. The van der Waals surface area contributed by atoms with E-state index in [-0.39, 0.29) is 18.9 Å². The highest BCUT2D eigenvalue weighted by molar-refractivity contribution is 5.83. The van der Waals surface area contributed by atoms with Crippen LogP contribution in [0.5, 0.6) is 0 Å². The molecule has 0 aromatic rings. The predicted octanol–water partition coefficient (Wildman–Crippen LogP) is 2.54. The van der Waals surface area contributed by atoms with Gasteiger partial charge in [-0.3, -0.25) is 19.2 Å². The highest BCUT2D eigenvalue weighted by Crippen LogP contribution is 2.70. The summed E-state index contributed by atoms with van der Waals surface area (Å²) in [5.41, 5.74) is -2.56. The summed E-state index contributed by atoms with van der Waals surface area (Å²) in [6.07, 6.45) is -0.0197. The molecule has 4 fully saturated rings. The second-order valence-electron chi connectivity index (χ2n) is 11.3. The van der Waals surface area contributed by atoms with Crippen molar-refractivity contribution in [3.8, 4) is 0 Å². The number of carbonyl (C=O) groups excluding carboxylic acids is 5. The summed E-state index contributed by atoms with van der Waals surface area (Å²) in [5.74, 6) is -3.94. The minimum Gasteiger partial charge on any atom is -0.464 e. The van der Waals surface area contributed by atoms with Crippen molar-refractivity contribution in [3.63, 3.8) is 0 Å². The van der Waals surface area contributed by atoms with Crippen molar-refractivity contribution in [2.75, 3.05) is 6.61 Å². The second-order valence-corrected chi connectivity index (χ2v) is 11.3. The first-order valence-corrected chi connectivity index (χ1v) is 12.1. The zero-order valence-electron chi connectivity index (χ0n) is 21.0. The van der Waals surface area contributed by atoms with Crippen molar-refractivity contribution in [1.29, 1.82) is 0 Å². The molecule has 2 spiro atoms. The first-order chi connectivity index (χ1) is 16.3. The van der Waals surface area contributed by atoms with E-state index in [4.69, 9.17) is 18.9 Å². The number of hydrogen-bond donors (Lipinski definition) is 0. The Labute approximate surface area is 204 Å². The molecular weight excluding hydrogens is 456 g/mol. The first-order valence-electron chi connectivity index (χ1n) is 12.1. The molecule has 3 aliphatic carbocycles. The summed E-state index contributed by atoms with van der Waals surface area (Å²) in [4.78, 5) is 63.1. The summed E-state index contributed by atoms with van der Waals surface area (Å²) in [6, 6.07) is 0. The van der Waals surface area contributed by atoms with Gasteiger partial charge in [0.2, 0.25) is 0 Å². The number of rotatable bonds is 4. The van der Waals surface area contributed by atoms with E-state index in [0.717, 1.165) is 6.29 Å². The van der Waals surface area contributed by atoms with Crippen LogP contribution in [-0.2, 0) is 42.9 Å². The lowest BCUT2D eigenvalue weighted by Gasteiger charge is -2.63. The number of esters is 4. The maximum absolute atomic E-state index is 13.7. The van der Waals surface area contributed by atoms with Crippen LogP contribution < -0.4 is 0 Å². The summed E-state index contributed by atoms with van der Waals surface area (Å²) in [5, 5.41) is 0. The molecule has 3 saturated carbocycles. The number of carbonyl (C=O) groups is 5. The van der Waals surface area contributed by atoms with Crippen LogP contribution in [-0.4, -0.2) is 55.1 Å². The molecule has 192 valence electrons. The monoisotopic (exact) mass is 490 g/mol. The summed E-state index contributed by atoms with van der Waals surface area (Å²) in [7, 11) is 0. The third-order valence-electron chi connectivity index (χ3n) is 8.89. The van der Waals surface area contributed by atoms with Crippen molar-refractivity contribution in [2.45, 2.75) is 78.6 Å². The highest BCUT2D eigenvalue weighted by atomic mass is 16.6. The largest absolute Gasteiger partial charge is 0.464 e. The van der Waals surface area contributed by atoms with E-state index in [9.17, 15) is 24.0 Å². The van der Waals surface area contributed by atoms with Gasteiger partial charge < -0.3 is 23.7 Å². The topological polar surface area (TPSA) is 122 Å². The minimum absolute atomic E-state index is 0.176. The molecule has 0 aromatic heterocycles. The normalized spacial score (nSPS) is 41.4. The molecule has 9 nitrogen and oxygen atoms in total. The van der Waals surface area contributed by atoms with Gasteiger partial charge in [-0.1, -0.05) is 20.4 Å². The van der Waals surface area contributed by atoms with Gasteiger partial charge >= 0.3 is 23.9 Å². The van der Waals surface area contributed by atoms with Gasteiger partial charge in [-0.15, -0.1) is 0 Å². The van der Waals surface area contributed by atoms with Crippen molar-refractivity contribution in [3.05, 3.63) is 12.2 Å². The molecule has 2 bridgehead atoms. The number of hydrogen-bond acceptors (Lipinski definition) is 9. The number of cyclic esters (lactones) is 1. The molecule has 1 aliphatic heterocycles. The van der Waals surface area contributed by atoms with Gasteiger partial charge in [-0.2, -0.15) is 0 Å². The Balaban J connectivity index is 2.01. The fraction of sp³-hybridized carbons (Fsp3) is 0.731. The first kappa shape index (κ1) is 25.4. The molecule has 0 unspecified atom stereocenters. The third kappa shape index (κ3) is 3.61. The van der Waals surface area contributed by atoms with Gasteiger partial charge in [0.05, 0.1) is 5.41 Å². The standard InChI is InChI=1S/C26H34O9/c1-13-17-9-18(33-14(2)28)21-25(10-17,22(13)35-16(4)30)23(31)32-12-26(21)19(11-27)24(5,6)8-7-20(26)34-15(3)29/h11,17-22H,1,7-10,12H2,2-6H3/t17-,18+,19-,20+,21-,22-,25+,26+/m1/s1. The van der Waals surface area contributed by atoms with E-state index in [1.807, 2.05) is 13.8 Å². The van der Waals surface area contributed by atoms with Crippen LogP contribution in [0.2, 0.25) is 0 Å². The van der Waals surface area contributed by atoms with Gasteiger partial charge in [0.15, 0.2) is 0 Å². The van der Waals surface area contributed by atoms with E-state index < -0.39 is 70.3 Å². The number of ether oxygens (including phenoxy) is 4. The van der Waals surface area contributed by atoms with Crippen LogP contribution >= 0.6 is 0 Å². The highest BCUT2D eigenvalue weighted by Gasteiger charge is 2.78. The maximum Gasteiger partial charge on any atom is 0.316 e.